The maximum Gasteiger partial charge on any atom is 0.503 e. The summed E-state index contributed by atoms with van der Waals surface area (Å²) in [5.41, 5.74) is 1.70. The molecule has 4 heterocycles. The molecular formula is C22H23ClN4O3S2. The Labute approximate surface area is 200 Å². The summed E-state index contributed by atoms with van der Waals surface area (Å²) in [5.74, 6) is 7.36. The third-order valence-corrected chi connectivity index (χ3v) is 5.66. The number of carbonyl (C=O) groups is 1. The molecule has 3 N–H and O–H groups in total. The van der Waals surface area contributed by atoms with E-state index >= 15 is 0 Å². The van der Waals surface area contributed by atoms with Crippen molar-refractivity contribution in [2.75, 3.05) is 5.32 Å². The van der Waals surface area contributed by atoms with Gasteiger partial charge in [0.1, 0.15) is 17.2 Å². The van der Waals surface area contributed by atoms with E-state index in [1.807, 2.05) is 18.2 Å². The zero-order chi connectivity index (χ0) is 22.6. The second kappa shape index (κ2) is 10.5. The van der Waals surface area contributed by atoms with Crippen LogP contribution >= 0.6 is 35.1 Å². The molecule has 0 aromatic carbocycles. The Morgan fingerprint density at radius 2 is 1.84 bits per heavy atom. The second-order valence-corrected chi connectivity index (χ2v) is 9.89. The van der Waals surface area contributed by atoms with Gasteiger partial charge in [0.05, 0.1) is 9.75 Å². The fourth-order valence-corrected chi connectivity index (χ4v) is 4.37. The Bertz CT molecular complexity index is 1260. The largest absolute Gasteiger partial charge is 0.503 e. The summed E-state index contributed by atoms with van der Waals surface area (Å²) in [4.78, 5) is 22.1. The number of pyridine rings is 1. The number of nitrogens with zero attached hydrogens (tertiary/aromatic N) is 3. The quantitative estimate of drug-likeness (QED) is 0.294. The van der Waals surface area contributed by atoms with Crippen LogP contribution in [0.1, 0.15) is 36.2 Å². The number of carboxylic acid groups (broad SMARTS) is 2. The third kappa shape index (κ3) is 6.72. The lowest BCUT2D eigenvalue weighted by Gasteiger charge is -2.22. The number of anilines is 1. The van der Waals surface area contributed by atoms with Crippen molar-refractivity contribution in [1.29, 1.82) is 0 Å². The van der Waals surface area contributed by atoms with Crippen molar-refractivity contribution in [1.82, 2.24) is 14.4 Å². The topological polar surface area (TPSA) is 99.8 Å². The Hall–Kier alpha value is -3.06. The van der Waals surface area contributed by atoms with Crippen LogP contribution in [0.25, 0.3) is 15.5 Å². The van der Waals surface area contributed by atoms with Crippen molar-refractivity contribution in [2.24, 2.45) is 0 Å². The first-order valence-corrected chi connectivity index (χ1v) is 11.0. The maximum atomic E-state index is 8.56. The summed E-state index contributed by atoms with van der Waals surface area (Å²) in [7, 11) is 0. The van der Waals surface area contributed by atoms with Crippen molar-refractivity contribution >= 4 is 52.0 Å². The molecule has 10 heteroatoms. The summed E-state index contributed by atoms with van der Waals surface area (Å²) in [6, 6.07) is 9.90. The van der Waals surface area contributed by atoms with Crippen LogP contribution in [0.4, 0.5) is 10.6 Å². The highest BCUT2D eigenvalue weighted by atomic mass is 35.5. The van der Waals surface area contributed by atoms with Gasteiger partial charge in [0, 0.05) is 22.8 Å². The van der Waals surface area contributed by atoms with E-state index in [9.17, 15) is 0 Å². The maximum absolute atomic E-state index is 8.56. The number of thiophene rings is 1. The van der Waals surface area contributed by atoms with Crippen LogP contribution in [0.5, 0.6) is 0 Å². The van der Waals surface area contributed by atoms with Crippen LogP contribution in [0.2, 0.25) is 0 Å². The molecular weight excluding hydrogens is 468 g/mol. The number of halogens is 1. The minimum Gasteiger partial charge on any atom is -0.450 e. The molecule has 0 saturated carbocycles. The molecule has 4 aromatic heterocycles. The Kier molecular flexibility index (Phi) is 8.27. The Balaban J connectivity index is 0.000000672. The lowest BCUT2D eigenvalue weighted by atomic mass is 10.1. The van der Waals surface area contributed by atoms with Gasteiger partial charge in [-0.05, 0) is 63.8 Å². The summed E-state index contributed by atoms with van der Waals surface area (Å²) in [5, 5.41) is 17.6. The number of rotatable bonds is 2. The predicted molar refractivity (Wildman–Crippen MR) is 133 cm³/mol. The SMILES string of the molecule is Cc1cn2c(NC(C)(C)C)c(-c3ccc(C#Cc4ccccn4)s3)nc2s1.Cl.O=C(O)O. The number of nitrogens with one attached hydrogen (secondary N) is 1. The van der Waals surface area contributed by atoms with Gasteiger partial charge in [0.15, 0.2) is 4.96 Å². The number of aromatic nitrogens is 3. The fraction of sp³-hybridized carbons (Fsp3) is 0.227. The number of thiazole rings is 1. The molecule has 0 radical (unpaired) electrons. The average molecular weight is 491 g/mol. The molecule has 0 aliphatic heterocycles. The zero-order valence-corrected chi connectivity index (χ0v) is 20.4. The lowest BCUT2D eigenvalue weighted by Crippen LogP contribution is -2.27. The summed E-state index contributed by atoms with van der Waals surface area (Å²) < 4.78 is 2.15. The van der Waals surface area contributed by atoms with E-state index < -0.39 is 6.16 Å². The predicted octanol–water partition coefficient (Wildman–Crippen LogP) is 6.08. The zero-order valence-electron chi connectivity index (χ0n) is 17.9. The van der Waals surface area contributed by atoms with E-state index in [1.54, 1.807) is 28.9 Å². The van der Waals surface area contributed by atoms with Crippen LogP contribution in [-0.4, -0.2) is 36.3 Å². The summed E-state index contributed by atoms with van der Waals surface area (Å²) >= 11 is 3.36. The highest BCUT2D eigenvalue weighted by Gasteiger charge is 2.21. The Morgan fingerprint density at radius 3 is 2.47 bits per heavy atom. The molecule has 0 atom stereocenters. The standard InChI is InChI=1S/C21H20N4S2.CH2O3.ClH/c1-14-13-25-19(24-21(2,3)4)18(23-20(25)26-14)17-11-10-16(27-17)9-8-15-7-5-6-12-22-15;2-1(3)4;/h5-7,10-13,24H,1-4H3;(H2,2,3,4);1H. The number of aryl methyl sites for hydroxylation is 1. The van der Waals surface area contributed by atoms with Gasteiger partial charge >= 0.3 is 6.16 Å². The number of fused-ring (bicyclic) bond motifs is 1. The lowest BCUT2D eigenvalue weighted by molar-refractivity contribution is 0.137. The second-order valence-electron chi connectivity index (χ2n) is 7.59. The van der Waals surface area contributed by atoms with Gasteiger partial charge in [-0.1, -0.05) is 6.07 Å². The minimum atomic E-state index is -1.83. The Morgan fingerprint density at radius 1 is 1.12 bits per heavy atom. The molecule has 0 aliphatic carbocycles. The van der Waals surface area contributed by atoms with E-state index in [-0.39, 0.29) is 17.9 Å². The number of imidazole rings is 1. The molecule has 32 heavy (non-hydrogen) atoms. The molecule has 0 saturated heterocycles. The number of hydrogen-bond donors (Lipinski definition) is 3. The summed E-state index contributed by atoms with van der Waals surface area (Å²) in [6.07, 6.45) is 2.06. The molecule has 0 amide bonds. The molecule has 168 valence electrons. The van der Waals surface area contributed by atoms with Crippen LogP contribution in [0.3, 0.4) is 0 Å². The number of hydrogen-bond acceptors (Lipinski definition) is 6. The van der Waals surface area contributed by atoms with Gasteiger partial charge in [-0.3, -0.25) is 4.40 Å². The highest BCUT2D eigenvalue weighted by Crippen LogP contribution is 2.36. The van der Waals surface area contributed by atoms with Gasteiger partial charge in [-0.2, -0.15) is 0 Å². The molecule has 4 aromatic rings. The van der Waals surface area contributed by atoms with Crippen molar-refractivity contribution in [3.63, 3.8) is 0 Å². The van der Waals surface area contributed by atoms with Crippen molar-refractivity contribution in [2.45, 2.75) is 33.2 Å². The van der Waals surface area contributed by atoms with Crippen LogP contribution < -0.4 is 5.32 Å². The minimum absolute atomic E-state index is 0. The van der Waals surface area contributed by atoms with Crippen LogP contribution in [-0.2, 0) is 0 Å². The first-order chi connectivity index (χ1) is 14.6. The van der Waals surface area contributed by atoms with E-state index in [0.717, 1.165) is 31.9 Å². The molecule has 0 spiro atoms. The van der Waals surface area contributed by atoms with Gasteiger partial charge in [-0.25, -0.2) is 14.8 Å². The third-order valence-electron chi connectivity index (χ3n) is 3.75. The van der Waals surface area contributed by atoms with Gasteiger partial charge in [0.2, 0.25) is 0 Å². The van der Waals surface area contributed by atoms with Crippen LogP contribution in [0, 0.1) is 18.8 Å². The smallest absolute Gasteiger partial charge is 0.450 e. The van der Waals surface area contributed by atoms with Gasteiger partial charge in [0.25, 0.3) is 0 Å². The van der Waals surface area contributed by atoms with E-state index in [2.05, 4.69) is 72.6 Å². The molecule has 7 nitrogen and oxygen atoms in total. The molecule has 0 bridgehead atoms. The van der Waals surface area contributed by atoms with E-state index in [1.165, 1.54) is 4.88 Å². The average Bonchev–Trinajstić information content (AvgIpc) is 3.35. The van der Waals surface area contributed by atoms with Crippen molar-refractivity contribution < 1.29 is 15.0 Å². The van der Waals surface area contributed by atoms with Gasteiger partial charge < -0.3 is 15.5 Å². The molecule has 0 fully saturated rings. The monoisotopic (exact) mass is 490 g/mol. The fourth-order valence-electron chi connectivity index (χ4n) is 2.70. The summed E-state index contributed by atoms with van der Waals surface area (Å²) in [6.45, 7) is 8.59. The van der Waals surface area contributed by atoms with E-state index in [4.69, 9.17) is 20.0 Å². The highest BCUT2D eigenvalue weighted by molar-refractivity contribution is 7.17. The van der Waals surface area contributed by atoms with Crippen molar-refractivity contribution in [3.05, 3.63) is 58.2 Å². The first kappa shape index (κ1) is 25.2. The van der Waals surface area contributed by atoms with Crippen molar-refractivity contribution in [3.8, 4) is 22.4 Å². The normalized spacial score (nSPS) is 10.4. The molecule has 0 aliphatic rings. The van der Waals surface area contributed by atoms with Crippen LogP contribution in [0.15, 0.2) is 42.7 Å². The molecule has 0 unspecified atom stereocenters. The molecule has 4 rings (SSSR count). The van der Waals surface area contributed by atoms with E-state index in [0.29, 0.717) is 0 Å². The first-order valence-electron chi connectivity index (χ1n) is 9.34. The van der Waals surface area contributed by atoms with Gasteiger partial charge in [-0.15, -0.1) is 35.1 Å².